The van der Waals surface area contributed by atoms with E-state index in [1.54, 1.807) is 0 Å². The molecule has 0 heterocycles. The maximum absolute atomic E-state index is 12.8. The number of carbonyl (C=O) groups excluding carboxylic acids is 2. The molecular formula is C60H120NO8P. The van der Waals surface area contributed by atoms with Gasteiger partial charge in [0.2, 0.25) is 0 Å². The monoisotopic (exact) mass is 1010 g/mol. The van der Waals surface area contributed by atoms with Crippen molar-refractivity contribution in [1.29, 1.82) is 0 Å². The van der Waals surface area contributed by atoms with Crippen molar-refractivity contribution < 1.29 is 42.1 Å². The molecule has 0 radical (unpaired) electrons. The minimum absolute atomic E-state index is 0.0250. The predicted molar refractivity (Wildman–Crippen MR) is 296 cm³/mol. The summed E-state index contributed by atoms with van der Waals surface area (Å²) in [5.41, 5.74) is 0. The van der Waals surface area contributed by atoms with Gasteiger partial charge in [0.05, 0.1) is 27.7 Å². The largest absolute Gasteiger partial charge is 0.756 e. The Kier molecular flexibility index (Phi) is 52.1. The van der Waals surface area contributed by atoms with Crippen LogP contribution in [-0.2, 0) is 32.7 Å². The summed E-state index contributed by atoms with van der Waals surface area (Å²) >= 11 is 0. The maximum atomic E-state index is 12.8. The van der Waals surface area contributed by atoms with Crippen LogP contribution in [0.1, 0.15) is 322 Å². The SMILES string of the molecule is CCCCCCCCCCCCCCCCCCCCCCCCCC(=O)OCC(COP(=O)([O-])OCC[N+](C)(C)C)OC(=O)CCCCCCCCCCCCCCCCCCCCCCCCC. The molecule has 0 spiro atoms. The summed E-state index contributed by atoms with van der Waals surface area (Å²) in [6, 6.07) is 0. The van der Waals surface area contributed by atoms with Gasteiger partial charge >= 0.3 is 11.9 Å². The number of quaternary nitrogens is 1. The molecule has 9 nitrogen and oxygen atoms in total. The van der Waals surface area contributed by atoms with E-state index in [1.807, 2.05) is 21.1 Å². The molecular weight excluding hydrogens is 894 g/mol. The smallest absolute Gasteiger partial charge is 0.306 e. The van der Waals surface area contributed by atoms with Gasteiger partial charge in [0, 0.05) is 12.8 Å². The van der Waals surface area contributed by atoms with Crippen molar-refractivity contribution in [3.8, 4) is 0 Å². The van der Waals surface area contributed by atoms with Gasteiger partial charge in [0.25, 0.3) is 7.82 Å². The number of phosphoric ester groups is 1. The summed E-state index contributed by atoms with van der Waals surface area (Å²) in [5.74, 6) is -0.807. The van der Waals surface area contributed by atoms with Crippen LogP contribution in [0.25, 0.3) is 0 Å². The second-order valence-corrected chi connectivity index (χ2v) is 23.9. The van der Waals surface area contributed by atoms with Crippen molar-refractivity contribution in [3.05, 3.63) is 0 Å². The third kappa shape index (κ3) is 56.3. The number of unbranched alkanes of at least 4 members (excludes halogenated alkanes) is 44. The third-order valence-electron chi connectivity index (χ3n) is 14.1. The number of likely N-dealkylation sites (N-methyl/N-ethyl adjacent to an activating group) is 1. The van der Waals surface area contributed by atoms with E-state index >= 15 is 0 Å². The van der Waals surface area contributed by atoms with Gasteiger partial charge in [-0.3, -0.25) is 14.2 Å². The average molecular weight is 1010 g/mol. The number of ether oxygens (including phenoxy) is 2. The van der Waals surface area contributed by atoms with Crippen LogP contribution in [0.5, 0.6) is 0 Å². The maximum Gasteiger partial charge on any atom is 0.306 e. The molecule has 0 rings (SSSR count). The van der Waals surface area contributed by atoms with Gasteiger partial charge < -0.3 is 27.9 Å². The minimum atomic E-state index is -4.63. The number of carbonyl (C=O) groups is 2. The Morgan fingerprint density at radius 1 is 0.386 bits per heavy atom. The molecule has 2 atom stereocenters. The highest BCUT2D eigenvalue weighted by molar-refractivity contribution is 7.45. The van der Waals surface area contributed by atoms with E-state index in [0.717, 1.165) is 32.1 Å². The molecule has 0 aromatic carbocycles. The van der Waals surface area contributed by atoms with Gasteiger partial charge in [-0.1, -0.05) is 296 Å². The van der Waals surface area contributed by atoms with Crippen molar-refractivity contribution in [1.82, 2.24) is 0 Å². The first kappa shape index (κ1) is 69.0. The standard InChI is InChI=1S/C60H120NO8P/c1-6-8-10-12-14-16-18-20-22-24-26-28-30-32-34-36-38-40-42-44-46-48-50-52-59(62)66-56-58(57-68-70(64,65)67-55-54-61(3,4)5)69-60(63)53-51-49-47-45-43-41-39-37-35-33-31-29-27-25-23-21-19-17-15-13-11-9-7-2/h58H,6-57H2,1-5H3. The fraction of sp³-hybridized carbons (Fsp3) is 0.967. The lowest BCUT2D eigenvalue weighted by atomic mass is 10.0. The van der Waals surface area contributed by atoms with Gasteiger partial charge in [0.1, 0.15) is 19.8 Å². The summed E-state index contributed by atoms with van der Waals surface area (Å²) in [6.07, 6.45) is 60.1. The van der Waals surface area contributed by atoms with Crippen molar-refractivity contribution >= 4 is 19.8 Å². The zero-order valence-corrected chi connectivity index (χ0v) is 48.4. The topological polar surface area (TPSA) is 111 Å². The zero-order valence-electron chi connectivity index (χ0n) is 47.5. The summed E-state index contributed by atoms with van der Waals surface area (Å²) in [6.45, 7) is 4.32. The first-order chi connectivity index (χ1) is 34.0. The van der Waals surface area contributed by atoms with Crippen LogP contribution in [0.2, 0.25) is 0 Å². The van der Waals surface area contributed by atoms with Crippen molar-refractivity contribution in [2.45, 2.75) is 328 Å². The molecule has 0 bridgehead atoms. The Morgan fingerprint density at radius 3 is 0.914 bits per heavy atom. The number of hydrogen-bond donors (Lipinski definition) is 0. The second kappa shape index (κ2) is 52.9. The fourth-order valence-corrected chi connectivity index (χ4v) is 10.1. The van der Waals surface area contributed by atoms with Crippen molar-refractivity contribution in [2.75, 3.05) is 47.5 Å². The molecule has 0 saturated heterocycles. The van der Waals surface area contributed by atoms with Gasteiger partial charge in [-0.25, -0.2) is 0 Å². The zero-order chi connectivity index (χ0) is 51.3. The molecule has 10 heteroatoms. The number of hydrogen-bond acceptors (Lipinski definition) is 8. The number of esters is 2. The highest BCUT2D eigenvalue weighted by Gasteiger charge is 2.22. The molecule has 0 aromatic rings. The minimum Gasteiger partial charge on any atom is -0.756 e. The molecule has 2 unspecified atom stereocenters. The van der Waals surface area contributed by atoms with Crippen LogP contribution in [0.3, 0.4) is 0 Å². The van der Waals surface area contributed by atoms with Crippen LogP contribution >= 0.6 is 7.82 Å². The van der Waals surface area contributed by atoms with Gasteiger partial charge in [0.15, 0.2) is 6.10 Å². The molecule has 0 aliphatic carbocycles. The molecule has 0 aliphatic rings. The summed E-state index contributed by atoms with van der Waals surface area (Å²) in [4.78, 5) is 37.9. The quantitative estimate of drug-likeness (QED) is 0.0256. The molecule has 0 aliphatic heterocycles. The number of rotatable bonds is 58. The summed E-state index contributed by atoms with van der Waals surface area (Å²) in [7, 11) is 1.19. The van der Waals surface area contributed by atoms with E-state index in [2.05, 4.69) is 13.8 Å². The Morgan fingerprint density at radius 2 is 0.643 bits per heavy atom. The lowest BCUT2D eigenvalue weighted by Crippen LogP contribution is -2.37. The van der Waals surface area contributed by atoms with E-state index in [0.29, 0.717) is 17.4 Å². The average Bonchev–Trinajstić information content (AvgIpc) is 3.32. The van der Waals surface area contributed by atoms with E-state index in [9.17, 15) is 19.0 Å². The fourth-order valence-electron chi connectivity index (χ4n) is 9.37. The van der Waals surface area contributed by atoms with Gasteiger partial charge in [-0.2, -0.15) is 0 Å². The summed E-state index contributed by atoms with van der Waals surface area (Å²) in [5, 5.41) is 0. The highest BCUT2D eigenvalue weighted by Crippen LogP contribution is 2.38. The van der Waals surface area contributed by atoms with Crippen LogP contribution in [0.15, 0.2) is 0 Å². The number of phosphoric acid groups is 1. The lowest BCUT2D eigenvalue weighted by Gasteiger charge is -2.28. The predicted octanol–water partition coefficient (Wildman–Crippen LogP) is 18.4. The Bertz CT molecular complexity index is 1150. The normalized spacial score (nSPS) is 13.2. The molecule has 418 valence electrons. The van der Waals surface area contributed by atoms with E-state index in [1.165, 1.54) is 257 Å². The Labute approximate surface area is 435 Å². The first-order valence-electron chi connectivity index (χ1n) is 30.7. The second-order valence-electron chi connectivity index (χ2n) is 22.4. The van der Waals surface area contributed by atoms with Crippen LogP contribution in [0, 0.1) is 0 Å². The first-order valence-corrected chi connectivity index (χ1v) is 32.2. The van der Waals surface area contributed by atoms with E-state index in [-0.39, 0.29) is 32.0 Å². The van der Waals surface area contributed by atoms with Crippen molar-refractivity contribution in [3.63, 3.8) is 0 Å². The van der Waals surface area contributed by atoms with Gasteiger partial charge in [-0.05, 0) is 12.8 Å². The van der Waals surface area contributed by atoms with Crippen LogP contribution in [0.4, 0.5) is 0 Å². The lowest BCUT2D eigenvalue weighted by molar-refractivity contribution is -0.870. The molecule has 0 N–H and O–H groups in total. The molecule has 0 saturated carbocycles. The molecule has 0 amide bonds. The van der Waals surface area contributed by atoms with Crippen molar-refractivity contribution in [2.24, 2.45) is 0 Å². The molecule has 0 aromatic heterocycles. The number of nitrogens with zero attached hydrogens (tertiary/aromatic N) is 1. The summed E-state index contributed by atoms with van der Waals surface area (Å²) < 4.78 is 34.2. The molecule has 0 fully saturated rings. The highest BCUT2D eigenvalue weighted by atomic mass is 31.2. The molecule has 70 heavy (non-hydrogen) atoms. The van der Waals surface area contributed by atoms with Gasteiger partial charge in [-0.15, -0.1) is 0 Å². The Balaban J connectivity index is 4.07. The third-order valence-corrected chi connectivity index (χ3v) is 15.1. The van der Waals surface area contributed by atoms with E-state index < -0.39 is 26.5 Å². The van der Waals surface area contributed by atoms with Crippen LogP contribution < -0.4 is 4.89 Å². The Hall–Kier alpha value is -0.990. The van der Waals surface area contributed by atoms with Crippen LogP contribution in [-0.4, -0.2) is 70.0 Å². The van der Waals surface area contributed by atoms with E-state index in [4.69, 9.17) is 18.5 Å².